The van der Waals surface area contributed by atoms with E-state index >= 15 is 0 Å². The first kappa shape index (κ1) is 12.2. The number of nitrogens with one attached hydrogen (secondary N) is 2. The molecule has 2 heterocycles. The molecule has 4 nitrogen and oxygen atoms in total. The van der Waals surface area contributed by atoms with Crippen molar-refractivity contribution in [2.24, 2.45) is 0 Å². The summed E-state index contributed by atoms with van der Waals surface area (Å²) in [6, 6.07) is 0. The Bertz CT molecular complexity index is 196. The zero-order valence-electron chi connectivity index (χ0n) is 9.92. The van der Waals surface area contributed by atoms with Gasteiger partial charge in [-0.15, -0.1) is 0 Å². The zero-order valence-corrected chi connectivity index (χ0v) is 9.92. The van der Waals surface area contributed by atoms with Gasteiger partial charge in [-0.2, -0.15) is 0 Å². The molecule has 0 aromatic rings. The average molecular weight is 230 g/mol. The van der Waals surface area contributed by atoms with Crippen molar-refractivity contribution in [1.82, 2.24) is 20.4 Å². The predicted molar refractivity (Wildman–Crippen MR) is 63.3 cm³/mol. The minimum absolute atomic E-state index is 0.219. The molecule has 0 saturated carbocycles. The van der Waals surface area contributed by atoms with E-state index in [9.17, 15) is 4.39 Å². The molecule has 0 aromatic carbocycles. The van der Waals surface area contributed by atoms with Crippen LogP contribution in [0.4, 0.5) is 4.39 Å². The summed E-state index contributed by atoms with van der Waals surface area (Å²) < 4.78 is 12.3. The van der Waals surface area contributed by atoms with Gasteiger partial charge >= 0.3 is 0 Å². The van der Waals surface area contributed by atoms with Crippen LogP contribution in [0.5, 0.6) is 0 Å². The van der Waals surface area contributed by atoms with Crippen LogP contribution in [-0.2, 0) is 0 Å². The smallest absolute Gasteiger partial charge is 0.102 e. The van der Waals surface area contributed by atoms with Gasteiger partial charge in [0.15, 0.2) is 0 Å². The molecule has 0 aromatic heterocycles. The van der Waals surface area contributed by atoms with Crippen molar-refractivity contribution in [3.8, 4) is 0 Å². The monoisotopic (exact) mass is 230 g/mol. The van der Waals surface area contributed by atoms with Crippen molar-refractivity contribution in [3.63, 3.8) is 0 Å². The first-order valence-electron chi connectivity index (χ1n) is 6.36. The maximum absolute atomic E-state index is 12.3. The molecular weight excluding hydrogens is 207 g/mol. The fourth-order valence-corrected chi connectivity index (χ4v) is 2.54. The minimum Gasteiger partial charge on any atom is -0.313 e. The van der Waals surface area contributed by atoms with Crippen LogP contribution >= 0.6 is 0 Å². The Morgan fingerprint density at radius 2 is 2.06 bits per heavy atom. The van der Waals surface area contributed by atoms with Gasteiger partial charge in [0, 0.05) is 45.8 Å². The summed E-state index contributed by atoms with van der Waals surface area (Å²) in [7, 11) is 0. The van der Waals surface area contributed by atoms with Gasteiger partial charge in [0.25, 0.3) is 0 Å². The number of nitrogens with zero attached hydrogens (tertiary/aromatic N) is 2. The highest BCUT2D eigenvalue weighted by atomic mass is 19.1. The van der Waals surface area contributed by atoms with Crippen molar-refractivity contribution in [1.29, 1.82) is 0 Å². The first-order valence-corrected chi connectivity index (χ1v) is 6.36. The molecule has 1 unspecified atom stereocenters. The SMILES string of the molecule is FCCN1CCCN(C2CNCCN2)CC1. The third-order valence-electron chi connectivity index (χ3n) is 3.48. The van der Waals surface area contributed by atoms with E-state index < -0.39 is 0 Å². The lowest BCUT2D eigenvalue weighted by Crippen LogP contribution is -2.57. The van der Waals surface area contributed by atoms with Gasteiger partial charge in [0.05, 0.1) is 6.17 Å². The van der Waals surface area contributed by atoms with E-state index in [0.717, 1.165) is 52.2 Å². The largest absolute Gasteiger partial charge is 0.313 e. The topological polar surface area (TPSA) is 30.5 Å². The molecule has 2 aliphatic rings. The summed E-state index contributed by atoms with van der Waals surface area (Å²) in [6.07, 6.45) is 1.62. The average Bonchev–Trinajstić information content (AvgIpc) is 2.57. The number of rotatable bonds is 3. The van der Waals surface area contributed by atoms with E-state index in [1.54, 1.807) is 0 Å². The molecule has 2 saturated heterocycles. The van der Waals surface area contributed by atoms with Crippen LogP contribution in [0, 0.1) is 0 Å². The highest BCUT2D eigenvalue weighted by Gasteiger charge is 2.22. The molecule has 0 amide bonds. The molecule has 2 rings (SSSR count). The van der Waals surface area contributed by atoms with Gasteiger partial charge in [-0.1, -0.05) is 0 Å². The van der Waals surface area contributed by atoms with Crippen LogP contribution < -0.4 is 10.6 Å². The summed E-state index contributed by atoms with van der Waals surface area (Å²) in [5.74, 6) is 0. The Kier molecular flexibility index (Phi) is 4.96. The van der Waals surface area contributed by atoms with Crippen LogP contribution in [0.2, 0.25) is 0 Å². The van der Waals surface area contributed by atoms with Crippen LogP contribution in [0.25, 0.3) is 0 Å². The highest BCUT2D eigenvalue weighted by Crippen LogP contribution is 2.06. The lowest BCUT2D eigenvalue weighted by molar-refractivity contribution is 0.150. The number of hydrogen-bond donors (Lipinski definition) is 2. The fourth-order valence-electron chi connectivity index (χ4n) is 2.54. The normalized spacial score (nSPS) is 30.2. The molecular formula is C11H23FN4. The van der Waals surface area contributed by atoms with Crippen LogP contribution in [0.1, 0.15) is 6.42 Å². The van der Waals surface area contributed by atoms with Gasteiger partial charge in [0.2, 0.25) is 0 Å². The van der Waals surface area contributed by atoms with Crippen molar-refractivity contribution < 1.29 is 4.39 Å². The zero-order chi connectivity index (χ0) is 11.2. The Morgan fingerprint density at radius 1 is 1.12 bits per heavy atom. The summed E-state index contributed by atoms with van der Waals surface area (Å²) in [5, 5.41) is 6.95. The molecule has 2 aliphatic heterocycles. The van der Waals surface area contributed by atoms with Crippen LogP contribution in [-0.4, -0.2) is 75.0 Å². The van der Waals surface area contributed by atoms with Crippen LogP contribution in [0.3, 0.4) is 0 Å². The number of alkyl halides is 1. The summed E-state index contributed by atoms with van der Waals surface area (Å²) in [6.45, 7) is 7.76. The lowest BCUT2D eigenvalue weighted by atomic mass is 10.3. The third kappa shape index (κ3) is 3.38. The summed E-state index contributed by atoms with van der Waals surface area (Å²) in [4.78, 5) is 4.72. The molecule has 2 N–H and O–H groups in total. The second-order valence-electron chi connectivity index (χ2n) is 4.59. The van der Waals surface area contributed by atoms with Crippen molar-refractivity contribution in [2.45, 2.75) is 12.6 Å². The molecule has 1 atom stereocenters. The Morgan fingerprint density at radius 3 is 2.81 bits per heavy atom. The number of piperazine rings is 1. The van der Waals surface area contributed by atoms with Crippen molar-refractivity contribution in [2.75, 3.05) is 59.0 Å². The van der Waals surface area contributed by atoms with E-state index in [1.165, 1.54) is 0 Å². The van der Waals surface area contributed by atoms with Crippen LogP contribution in [0.15, 0.2) is 0 Å². The quantitative estimate of drug-likeness (QED) is 0.683. The molecule has 0 aliphatic carbocycles. The molecule has 2 fully saturated rings. The van der Waals surface area contributed by atoms with Gasteiger partial charge in [-0.05, 0) is 13.0 Å². The van der Waals surface area contributed by atoms with Gasteiger partial charge in [-0.3, -0.25) is 15.1 Å². The molecule has 0 radical (unpaired) electrons. The molecule has 16 heavy (non-hydrogen) atoms. The second-order valence-corrected chi connectivity index (χ2v) is 4.59. The maximum Gasteiger partial charge on any atom is 0.102 e. The van der Waals surface area contributed by atoms with Gasteiger partial charge in [0.1, 0.15) is 6.67 Å². The molecule has 0 spiro atoms. The Labute approximate surface area is 97.2 Å². The maximum atomic E-state index is 12.3. The molecule has 0 bridgehead atoms. The third-order valence-corrected chi connectivity index (χ3v) is 3.48. The lowest BCUT2D eigenvalue weighted by Gasteiger charge is -2.34. The number of hydrogen-bond acceptors (Lipinski definition) is 4. The number of halogens is 1. The van der Waals surface area contributed by atoms with E-state index in [1.807, 2.05) is 0 Å². The molecule has 5 heteroatoms. The standard InChI is InChI=1S/C11H23FN4/c12-2-7-15-5-1-6-16(9-8-15)11-10-13-3-4-14-11/h11,13-14H,1-10H2. The predicted octanol–water partition coefficient (Wildman–Crippen LogP) is -0.517. The fraction of sp³-hybridized carbons (Fsp3) is 1.00. The summed E-state index contributed by atoms with van der Waals surface area (Å²) in [5.41, 5.74) is 0. The van der Waals surface area contributed by atoms with E-state index in [-0.39, 0.29) is 6.67 Å². The second kappa shape index (κ2) is 6.49. The highest BCUT2D eigenvalue weighted by molar-refractivity contribution is 4.79. The van der Waals surface area contributed by atoms with E-state index in [2.05, 4.69) is 20.4 Å². The van der Waals surface area contributed by atoms with Crippen molar-refractivity contribution in [3.05, 3.63) is 0 Å². The van der Waals surface area contributed by atoms with Gasteiger partial charge < -0.3 is 5.32 Å². The van der Waals surface area contributed by atoms with Crippen molar-refractivity contribution >= 4 is 0 Å². The Hall–Kier alpha value is -0.230. The molecule has 94 valence electrons. The minimum atomic E-state index is -0.219. The van der Waals surface area contributed by atoms with E-state index in [0.29, 0.717) is 12.7 Å². The summed E-state index contributed by atoms with van der Waals surface area (Å²) >= 11 is 0. The van der Waals surface area contributed by atoms with Gasteiger partial charge in [-0.25, -0.2) is 4.39 Å². The Balaban J connectivity index is 1.78. The van der Waals surface area contributed by atoms with E-state index in [4.69, 9.17) is 0 Å². The first-order chi connectivity index (χ1) is 7.90.